The van der Waals surface area contributed by atoms with Gasteiger partial charge in [0, 0.05) is 17.1 Å². The Labute approximate surface area is 229 Å². The average molecular weight is 498 g/mol. The predicted octanol–water partition coefficient (Wildman–Crippen LogP) is 10.8. The highest BCUT2D eigenvalue weighted by atomic mass is 15.1. The van der Waals surface area contributed by atoms with Crippen molar-refractivity contribution in [3.05, 3.63) is 164 Å². The van der Waals surface area contributed by atoms with E-state index in [2.05, 4.69) is 169 Å². The van der Waals surface area contributed by atoms with Gasteiger partial charge in [0.25, 0.3) is 0 Å². The van der Waals surface area contributed by atoms with E-state index < -0.39 is 0 Å². The van der Waals surface area contributed by atoms with E-state index in [0.717, 1.165) is 17.1 Å². The van der Waals surface area contributed by atoms with Gasteiger partial charge in [-0.25, -0.2) is 0 Å². The summed E-state index contributed by atoms with van der Waals surface area (Å²) in [6.07, 6.45) is 0. The molecule has 0 bridgehead atoms. The number of hydrogen-bond donors (Lipinski definition) is 0. The van der Waals surface area contributed by atoms with E-state index in [1.165, 1.54) is 43.8 Å². The van der Waals surface area contributed by atoms with Crippen molar-refractivity contribution in [3.8, 4) is 22.3 Å². The highest BCUT2D eigenvalue weighted by Crippen LogP contribution is 2.39. The molecule has 1 nitrogen and oxygen atoms in total. The first kappa shape index (κ1) is 23.0. The molecule has 0 saturated heterocycles. The SMILES string of the molecule is c1ccc(N(c2cccc(-c3cccc4ccccc34)c2)c2cccc(-c3cccc4ccccc34)c2)cc1. The van der Waals surface area contributed by atoms with E-state index >= 15 is 0 Å². The summed E-state index contributed by atoms with van der Waals surface area (Å²) in [6, 6.07) is 58.7. The molecule has 7 rings (SSSR count). The van der Waals surface area contributed by atoms with Crippen molar-refractivity contribution in [2.75, 3.05) is 4.90 Å². The van der Waals surface area contributed by atoms with Gasteiger partial charge in [0.05, 0.1) is 0 Å². The van der Waals surface area contributed by atoms with Gasteiger partial charge >= 0.3 is 0 Å². The summed E-state index contributed by atoms with van der Waals surface area (Å²) >= 11 is 0. The summed E-state index contributed by atoms with van der Waals surface area (Å²) in [4.78, 5) is 2.35. The van der Waals surface area contributed by atoms with Crippen LogP contribution in [-0.2, 0) is 0 Å². The fraction of sp³-hybridized carbons (Fsp3) is 0. The van der Waals surface area contributed by atoms with E-state index in [4.69, 9.17) is 0 Å². The molecule has 0 aliphatic carbocycles. The Morgan fingerprint density at radius 1 is 0.308 bits per heavy atom. The van der Waals surface area contributed by atoms with Crippen LogP contribution < -0.4 is 4.90 Å². The minimum absolute atomic E-state index is 1.13. The quantitative estimate of drug-likeness (QED) is 0.229. The Bertz CT molecular complexity index is 1790. The Morgan fingerprint density at radius 2 is 0.718 bits per heavy atom. The zero-order valence-corrected chi connectivity index (χ0v) is 21.5. The van der Waals surface area contributed by atoms with Crippen LogP contribution in [0.4, 0.5) is 17.1 Å². The maximum absolute atomic E-state index is 2.35. The lowest BCUT2D eigenvalue weighted by Crippen LogP contribution is -2.10. The van der Waals surface area contributed by atoms with Crippen molar-refractivity contribution >= 4 is 38.6 Å². The van der Waals surface area contributed by atoms with Gasteiger partial charge in [-0.05, 0) is 80.2 Å². The van der Waals surface area contributed by atoms with Crippen molar-refractivity contribution < 1.29 is 0 Å². The van der Waals surface area contributed by atoms with E-state index in [9.17, 15) is 0 Å². The van der Waals surface area contributed by atoms with E-state index in [0.29, 0.717) is 0 Å². The van der Waals surface area contributed by atoms with Gasteiger partial charge in [0.1, 0.15) is 0 Å². The second-order valence-corrected chi connectivity index (χ2v) is 9.83. The third-order valence-corrected chi connectivity index (χ3v) is 7.42. The summed E-state index contributed by atoms with van der Waals surface area (Å²) in [5, 5.41) is 5.04. The molecule has 184 valence electrons. The van der Waals surface area contributed by atoms with Crippen LogP contribution in [-0.4, -0.2) is 0 Å². The normalized spacial score (nSPS) is 11.1. The highest BCUT2D eigenvalue weighted by molar-refractivity contribution is 5.99. The van der Waals surface area contributed by atoms with Gasteiger partial charge in [-0.3, -0.25) is 0 Å². The van der Waals surface area contributed by atoms with Crippen molar-refractivity contribution in [2.45, 2.75) is 0 Å². The van der Waals surface area contributed by atoms with Crippen molar-refractivity contribution in [1.82, 2.24) is 0 Å². The minimum Gasteiger partial charge on any atom is -0.310 e. The Kier molecular flexibility index (Phi) is 5.88. The van der Waals surface area contributed by atoms with Crippen LogP contribution in [0.15, 0.2) is 164 Å². The van der Waals surface area contributed by atoms with Crippen LogP contribution >= 0.6 is 0 Å². The summed E-state index contributed by atoms with van der Waals surface area (Å²) in [5.41, 5.74) is 8.27. The number of para-hydroxylation sites is 1. The number of benzene rings is 7. The fourth-order valence-electron chi connectivity index (χ4n) is 5.60. The second-order valence-electron chi connectivity index (χ2n) is 9.83. The number of rotatable bonds is 5. The Hall–Kier alpha value is -5.14. The molecule has 0 fully saturated rings. The summed E-state index contributed by atoms with van der Waals surface area (Å²) in [5.74, 6) is 0. The minimum atomic E-state index is 1.13. The van der Waals surface area contributed by atoms with E-state index in [1.807, 2.05) is 0 Å². The summed E-state index contributed by atoms with van der Waals surface area (Å²) < 4.78 is 0. The molecule has 0 aliphatic rings. The molecule has 0 atom stereocenters. The smallest absolute Gasteiger partial charge is 0.0467 e. The second kappa shape index (κ2) is 9.96. The first-order chi connectivity index (χ1) is 19.3. The molecule has 0 aromatic heterocycles. The first-order valence-electron chi connectivity index (χ1n) is 13.4. The zero-order chi connectivity index (χ0) is 26.0. The van der Waals surface area contributed by atoms with Crippen molar-refractivity contribution in [3.63, 3.8) is 0 Å². The molecule has 0 spiro atoms. The summed E-state index contributed by atoms with van der Waals surface area (Å²) in [6.45, 7) is 0. The molecule has 0 unspecified atom stereocenters. The molecule has 0 radical (unpaired) electrons. The predicted molar refractivity (Wildman–Crippen MR) is 167 cm³/mol. The number of nitrogens with zero attached hydrogens (tertiary/aromatic N) is 1. The average Bonchev–Trinajstić information content (AvgIpc) is 3.01. The molecular weight excluding hydrogens is 470 g/mol. The van der Waals surface area contributed by atoms with Gasteiger partial charge in [-0.2, -0.15) is 0 Å². The third kappa shape index (κ3) is 4.35. The van der Waals surface area contributed by atoms with Crippen LogP contribution in [0.5, 0.6) is 0 Å². The van der Waals surface area contributed by atoms with E-state index in [-0.39, 0.29) is 0 Å². The molecule has 0 saturated carbocycles. The monoisotopic (exact) mass is 497 g/mol. The van der Waals surface area contributed by atoms with Crippen molar-refractivity contribution in [1.29, 1.82) is 0 Å². The molecular formula is C38H27N. The van der Waals surface area contributed by atoms with E-state index in [1.54, 1.807) is 0 Å². The summed E-state index contributed by atoms with van der Waals surface area (Å²) in [7, 11) is 0. The molecule has 0 N–H and O–H groups in total. The molecule has 0 amide bonds. The molecule has 0 aliphatic heterocycles. The topological polar surface area (TPSA) is 3.24 Å². The van der Waals surface area contributed by atoms with Crippen LogP contribution in [0.25, 0.3) is 43.8 Å². The van der Waals surface area contributed by atoms with Gasteiger partial charge in [-0.15, -0.1) is 0 Å². The maximum atomic E-state index is 2.35. The van der Waals surface area contributed by atoms with Crippen LogP contribution in [0.2, 0.25) is 0 Å². The van der Waals surface area contributed by atoms with Gasteiger partial charge in [-0.1, -0.05) is 127 Å². The van der Waals surface area contributed by atoms with Gasteiger partial charge in [0.2, 0.25) is 0 Å². The molecule has 1 heteroatoms. The standard InChI is InChI=1S/C38H27N/c1-2-18-32(19-3-1)39(33-20-8-16-30(26-33)37-24-10-14-28-12-4-6-22-35(28)37)34-21-9-17-31(27-34)38-25-11-15-29-13-5-7-23-36(29)38/h1-27H. The number of hydrogen-bond acceptors (Lipinski definition) is 1. The molecule has 0 heterocycles. The fourth-order valence-corrected chi connectivity index (χ4v) is 5.60. The Morgan fingerprint density at radius 3 is 1.26 bits per heavy atom. The largest absolute Gasteiger partial charge is 0.310 e. The third-order valence-electron chi connectivity index (χ3n) is 7.42. The lowest BCUT2D eigenvalue weighted by atomic mass is 9.97. The van der Waals surface area contributed by atoms with Gasteiger partial charge < -0.3 is 4.90 Å². The highest BCUT2D eigenvalue weighted by Gasteiger charge is 2.15. The zero-order valence-electron chi connectivity index (χ0n) is 21.5. The molecule has 39 heavy (non-hydrogen) atoms. The lowest BCUT2D eigenvalue weighted by molar-refractivity contribution is 1.28. The number of fused-ring (bicyclic) bond motifs is 2. The van der Waals surface area contributed by atoms with Crippen LogP contribution in [0, 0.1) is 0 Å². The lowest BCUT2D eigenvalue weighted by Gasteiger charge is -2.26. The first-order valence-corrected chi connectivity index (χ1v) is 13.4. The van der Waals surface area contributed by atoms with Gasteiger partial charge in [0.15, 0.2) is 0 Å². The van der Waals surface area contributed by atoms with Crippen LogP contribution in [0.3, 0.4) is 0 Å². The Balaban J connectivity index is 1.39. The maximum Gasteiger partial charge on any atom is 0.0467 e. The van der Waals surface area contributed by atoms with Crippen LogP contribution in [0.1, 0.15) is 0 Å². The van der Waals surface area contributed by atoms with Crippen molar-refractivity contribution in [2.24, 2.45) is 0 Å². The number of anilines is 3. The molecule has 7 aromatic rings. The molecule has 7 aromatic carbocycles.